The Balaban J connectivity index is 1.23. The van der Waals surface area contributed by atoms with Crippen molar-refractivity contribution in [1.82, 2.24) is 15.0 Å². The van der Waals surface area contributed by atoms with Crippen molar-refractivity contribution in [3.63, 3.8) is 0 Å². The van der Waals surface area contributed by atoms with Gasteiger partial charge in [-0.2, -0.15) is 0 Å². The summed E-state index contributed by atoms with van der Waals surface area (Å²) in [4.78, 5) is 14.3. The number of hydrogen-bond acceptors (Lipinski definition) is 5. The van der Waals surface area contributed by atoms with Crippen LogP contribution in [0.2, 0.25) is 0 Å². The minimum Gasteiger partial charge on any atom is -0.456 e. The van der Waals surface area contributed by atoms with Crippen molar-refractivity contribution in [2.45, 2.75) is 0 Å². The van der Waals surface area contributed by atoms with Crippen LogP contribution in [0.3, 0.4) is 0 Å². The van der Waals surface area contributed by atoms with Crippen molar-refractivity contribution in [1.29, 1.82) is 0 Å². The summed E-state index contributed by atoms with van der Waals surface area (Å²) in [6, 6.07) is 12.2. The van der Waals surface area contributed by atoms with Gasteiger partial charge in [0, 0.05) is 47.6 Å². The first kappa shape index (κ1) is 17.3. The molecule has 3 aromatic heterocycles. The van der Waals surface area contributed by atoms with Crippen LogP contribution >= 0.6 is 11.3 Å². The maximum absolute atomic E-state index is 9.61. The number of aromatic nitrogens is 3. The van der Waals surface area contributed by atoms with Gasteiger partial charge in [-0.05, 0) is 46.5 Å². The number of thiophene rings is 1. The van der Waals surface area contributed by atoms with E-state index < -0.39 is 101 Å². The van der Waals surface area contributed by atoms with Crippen LogP contribution in [0.15, 0.2) is 168 Å². The van der Waals surface area contributed by atoms with Gasteiger partial charge in [-0.25, -0.2) is 15.0 Å². The molecule has 0 saturated heterocycles. The number of furan rings is 1. The SMILES string of the molecule is [2H]c1c([2H])c([2H])c(-c2c([2H])c([2H])c(-c3c([2H])c([2H])c([2H])c4c3sc3c([2H])c(-c5nc(-c6ccccc6)nc(-c6ccc7c(c6)oc6ccccc67)n5)c([2H])c([2H])c34)c([2H])c2[2H])c([2H])c1[2H]. The molecule has 0 N–H and O–H groups in total. The third-order valence-corrected chi connectivity index (χ3v) is 9.34. The van der Waals surface area contributed by atoms with Gasteiger partial charge >= 0.3 is 0 Å². The van der Waals surface area contributed by atoms with Crippen molar-refractivity contribution in [2.75, 3.05) is 0 Å². The minimum atomic E-state index is -0.785. The fraction of sp³-hybridized carbons (Fsp3) is 0. The van der Waals surface area contributed by atoms with E-state index >= 15 is 0 Å². The van der Waals surface area contributed by atoms with Crippen molar-refractivity contribution in [3.05, 3.63) is 163 Å². The van der Waals surface area contributed by atoms with Crippen LogP contribution in [0.5, 0.6) is 0 Å². The third-order valence-electron chi connectivity index (χ3n) is 8.21. The topological polar surface area (TPSA) is 51.8 Å². The summed E-state index contributed by atoms with van der Waals surface area (Å²) in [6.07, 6.45) is 0. The molecule has 0 atom stereocenters. The molecule has 10 rings (SSSR count). The molecule has 4 nitrogen and oxygen atoms in total. The second kappa shape index (κ2) is 11.6. The van der Waals surface area contributed by atoms with E-state index in [0.717, 1.165) is 22.1 Å². The lowest BCUT2D eigenvalue weighted by molar-refractivity contribution is 0.669. The summed E-state index contributed by atoms with van der Waals surface area (Å²) in [5.41, 5.74) is 0.327. The minimum absolute atomic E-state index is 0.0265. The van der Waals surface area contributed by atoms with Crippen LogP contribution in [0.25, 0.3) is 98.5 Å². The highest BCUT2D eigenvalue weighted by molar-refractivity contribution is 7.26. The number of para-hydroxylation sites is 1. The van der Waals surface area contributed by atoms with Crippen LogP contribution in [0.1, 0.15) is 20.6 Å². The Morgan fingerprint density at radius 1 is 0.460 bits per heavy atom. The van der Waals surface area contributed by atoms with Gasteiger partial charge < -0.3 is 4.42 Å². The smallest absolute Gasteiger partial charge is 0.164 e. The Morgan fingerprint density at radius 2 is 1.14 bits per heavy atom. The predicted octanol–water partition coefficient (Wildman–Crippen LogP) is 12.5. The predicted molar refractivity (Wildman–Crippen MR) is 207 cm³/mol. The lowest BCUT2D eigenvalue weighted by Gasteiger charge is -2.08. The van der Waals surface area contributed by atoms with Crippen molar-refractivity contribution >= 4 is 53.4 Å². The molecule has 0 fully saturated rings. The molecule has 0 amide bonds. The quantitative estimate of drug-likeness (QED) is 0.183. The molecule has 0 bridgehead atoms. The van der Waals surface area contributed by atoms with Crippen molar-refractivity contribution in [2.24, 2.45) is 0 Å². The molecule has 0 unspecified atom stereocenters. The number of nitrogens with zero attached hydrogens (tertiary/aromatic N) is 3. The fourth-order valence-corrected chi connectivity index (χ4v) is 6.96. The maximum atomic E-state index is 9.61. The first-order valence-corrected chi connectivity index (χ1v) is 16.2. The average molecular weight is 673 g/mol. The molecule has 234 valence electrons. The normalized spacial score (nSPS) is 15.8. The van der Waals surface area contributed by atoms with Gasteiger partial charge in [0.15, 0.2) is 17.5 Å². The molecule has 0 spiro atoms. The average Bonchev–Trinajstić information content (AvgIpc) is 3.90. The van der Waals surface area contributed by atoms with E-state index in [2.05, 4.69) is 0 Å². The second-order valence-electron chi connectivity index (χ2n) is 11.2. The molecule has 10 aromatic rings. The number of fused-ring (bicyclic) bond motifs is 6. The standard InChI is InChI=1S/C45H27N3OS/c1-3-10-28(11-4-1)29-18-20-30(21-19-29)34-15-9-16-38-37-25-23-33(27-41(37)50-42(34)38)45-47-43(31-12-5-2-6-13-31)46-44(48-45)32-22-24-36-35-14-7-8-17-39(35)49-40(36)26-32/h1-27H/i1D,3D,4D,9D,10D,11D,15D,16D,18D,19D,20D,21D,23D,25D,27D. The zero-order valence-electron chi connectivity index (χ0n) is 40.6. The second-order valence-corrected chi connectivity index (χ2v) is 12.3. The van der Waals surface area contributed by atoms with Crippen LogP contribution in [0, 0.1) is 0 Å². The molecule has 0 aliphatic rings. The molecular formula is C45H27N3OS. The summed E-state index contributed by atoms with van der Waals surface area (Å²) >= 11 is 0.806. The van der Waals surface area contributed by atoms with Crippen molar-refractivity contribution in [3.8, 4) is 56.4 Å². The molecule has 5 heteroatoms. The summed E-state index contributed by atoms with van der Waals surface area (Å²) in [5.74, 6) is 0.278. The molecule has 0 aliphatic carbocycles. The Hall–Kier alpha value is -6.43. The summed E-state index contributed by atoms with van der Waals surface area (Å²) in [5, 5.41) is 1.59. The highest BCUT2D eigenvalue weighted by Crippen LogP contribution is 2.42. The van der Waals surface area contributed by atoms with Crippen LogP contribution in [-0.4, -0.2) is 15.0 Å². The Labute approximate surface area is 313 Å². The van der Waals surface area contributed by atoms with Crippen molar-refractivity contribution < 1.29 is 25.0 Å². The fourth-order valence-electron chi connectivity index (χ4n) is 5.84. The highest BCUT2D eigenvalue weighted by atomic mass is 32.1. The Morgan fingerprint density at radius 3 is 1.98 bits per heavy atom. The van der Waals surface area contributed by atoms with E-state index in [-0.39, 0.29) is 54.8 Å². The van der Waals surface area contributed by atoms with E-state index in [1.807, 2.05) is 42.5 Å². The first-order chi connectivity index (χ1) is 31.0. The molecule has 0 radical (unpaired) electrons. The van der Waals surface area contributed by atoms with E-state index in [0.29, 0.717) is 22.3 Å². The monoisotopic (exact) mass is 672 g/mol. The molecular weight excluding hydrogens is 631 g/mol. The number of rotatable bonds is 5. The zero-order valence-corrected chi connectivity index (χ0v) is 26.4. The van der Waals surface area contributed by atoms with Gasteiger partial charge in [-0.1, -0.05) is 139 Å². The zero-order chi connectivity index (χ0) is 46.1. The molecule has 50 heavy (non-hydrogen) atoms. The molecule has 7 aromatic carbocycles. The number of hydrogen-bond donors (Lipinski definition) is 0. The van der Waals surface area contributed by atoms with E-state index in [1.54, 1.807) is 30.3 Å². The summed E-state index contributed by atoms with van der Waals surface area (Å²) in [7, 11) is 0. The maximum Gasteiger partial charge on any atom is 0.164 e. The first-order valence-electron chi connectivity index (χ1n) is 22.9. The molecule has 0 saturated carbocycles. The third kappa shape index (κ3) is 4.87. The Bertz CT molecular complexity index is 3680. The molecule has 3 heterocycles. The van der Waals surface area contributed by atoms with Gasteiger partial charge in [-0.3, -0.25) is 0 Å². The largest absolute Gasteiger partial charge is 0.456 e. The van der Waals surface area contributed by atoms with Gasteiger partial charge in [0.1, 0.15) is 11.2 Å². The van der Waals surface area contributed by atoms with Gasteiger partial charge in [0.2, 0.25) is 0 Å². The summed E-state index contributed by atoms with van der Waals surface area (Å²) < 4.78 is 139. The lowest BCUT2D eigenvalue weighted by Crippen LogP contribution is -2.00. The Kier molecular flexibility index (Phi) is 4.02. The summed E-state index contributed by atoms with van der Waals surface area (Å²) in [6.45, 7) is 0. The van der Waals surface area contributed by atoms with E-state index in [4.69, 9.17) is 35.8 Å². The van der Waals surface area contributed by atoms with Gasteiger partial charge in [-0.15, -0.1) is 11.3 Å². The molecule has 0 aliphatic heterocycles. The number of benzene rings is 7. The van der Waals surface area contributed by atoms with E-state index in [1.165, 1.54) is 0 Å². The van der Waals surface area contributed by atoms with Gasteiger partial charge in [0.25, 0.3) is 0 Å². The van der Waals surface area contributed by atoms with Gasteiger partial charge in [0.05, 0.1) is 20.6 Å². The van der Waals surface area contributed by atoms with Crippen LogP contribution < -0.4 is 0 Å². The highest BCUT2D eigenvalue weighted by Gasteiger charge is 2.17. The lowest BCUT2D eigenvalue weighted by atomic mass is 9.99. The van der Waals surface area contributed by atoms with Crippen LogP contribution in [0.4, 0.5) is 0 Å². The van der Waals surface area contributed by atoms with E-state index in [9.17, 15) is 4.11 Å². The van der Waals surface area contributed by atoms with Crippen LogP contribution in [-0.2, 0) is 0 Å².